The molecular formula is C19H23F3N4O4. The number of amides is 1. The number of nitrogens with one attached hydrogen (secondary N) is 3. The zero-order valence-electron chi connectivity index (χ0n) is 16.2. The molecule has 1 fully saturated rings. The fraction of sp³-hybridized carbons (Fsp3) is 0.474. The molecule has 0 unspecified atom stereocenters. The lowest BCUT2D eigenvalue weighted by molar-refractivity contribution is -0.141. The van der Waals surface area contributed by atoms with Gasteiger partial charge < -0.3 is 25.2 Å². The van der Waals surface area contributed by atoms with Crippen LogP contribution in [0.5, 0.6) is 5.75 Å². The normalized spacial score (nSPS) is 21.4. The number of H-pyrrole nitrogens is 1. The second kappa shape index (κ2) is 9.35. The number of aliphatic hydroxyl groups is 1. The Morgan fingerprint density at radius 1 is 1.33 bits per heavy atom. The Labute approximate surface area is 170 Å². The first-order valence-corrected chi connectivity index (χ1v) is 9.36. The highest BCUT2D eigenvalue weighted by atomic mass is 19.4. The molecule has 0 bridgehead atoms. The standard InChI is InChI=1S/C19H23F3N4O4/c1-29-13-4-2-11(3-5-13)8-14-17(15(27)10-24-14)30-18(28)23-7-6-12-9-16(26-25-12)19(20,21)22/h2-5,9,14-15,17,24,27H,6-8,10H2,1H3,(H,23,28)(H,25,26)/t14-,15+,17+/m1/s1. The van der Waals surface area contributed by atoms with E-state index in [1.165, 1.54) is 0 Å². The third-order valence-electron chi connectivity index (χ3n) is 4.81. The molecular weight excluding hydrogens is 405 g/mol. The van der Waals surface area contributed by atoms with E-state index in [0.29, 0.717) is 6.42 Å². The van der Waals surface area contributed by atoms with E-state index in [4.69, 9.17) is 9.47 Å². The zero-order valence-corrected chi connectivity index (χ0v) is 16.2. The van der Waals surface area contributed by atoms with E-state index in [2.05, 4.69) is 20.8 Å². The first kappa shape index (κ1) is 21.9. The van der Waals surface area contributed by atoms with Gasteiger partial charge in [-0.3, -0.25) is 5.10 Å². The molecule has 1 aromatic carbocycles. The number of alkyl halides is 3. The molecule has 0 saturated carbocycles. The average Bonchev–Trinajstić information content (AvgIpc) is 3.31. The molecule has 0 aliphatic carbocycles. The summed E-state index contributed by atoms with van der Waals surface area (Å²) < 4.78 is 48.1. The third-order valence-corrected chi connectivity index (χ3v) is 4.81. The van der Waals surface area contributed by atoms with Gasteiger partial charge in [0.25, 0.3) is 0 Å². The number of carbonyl (C=O) groups excluding carboxylic acids is 1. The molecule has 0 spiro atoms. The molecule has 8 nitrogen and oxygen atoms in total. The third kappa shape index (κ3) is 5.63. The Bertz CT molecular complexity index is 841. The molecule has 3 rings (SSSR count). The lowest BCUT2D eigenvalue weighted by Crippen LogP contribution is -2.41. The van der Waals surface area contributed by atoms with Crippen molar-refractivity contribution in [1.82, 2.24) is 20.8 Å². The van der Waals surface area contributed by atoms with Gasteiger partial charge in [0.15, 0.2) is 5.69 Å². The Morgan fingerprint density at radius 2 is 2.07 bits per heavy atom. The van der Waals surface area contributed by atoms with Crippen molar-refractivity contribution >= 4 is 6.09 Å². The van der Waals surface area contributed by atoms with Crippen LogP contribution >= 0.6 is 0 Å². The number of nitrogens with zero attached hydrogens (tertiary/aromatic N) is 1. The predicted octanol–water partition coefficient (Wildman–Crippen LogP) is 1.65. The molecule has 1 saturated heterocycles. The smallest absolute Gasteiger partial charge is 0.435 e. The fourth-order valence-electron chi connectivity index (χ4n) is 3.24. The average molecular weight is 428 g/mol. The first-order chi connectivity index (χ1) is 14.3. The van der Waals surface area contributed by atoms with Crippen LogP contribution in [0.2, 0.25) is 0 Å². The van der Waals surface area contributed by atoms with Crippen LogP contribution in [0.3, 0.4) is 0 Å². The Hall–Kier alpha value is -2.79. The number of β-amino-alcohol motifs (C(OH)–C–C–N with tert-alkyl or cyclic N) is 1. The number of hydrogen-bond donors (Lipinski definition) is 4. The number of methoxy groups -OCH3 is 1. The molecule has 2 aromatic rings. The topological polar surface area (TPSA) is 108 Å². The molecule has 1 aromatic heterocycles. The van der Waals surface area contributed by atoms with E-state index in [-0.39, 0.29) is 31.2 Å². The summed E-state index contributed by atoms with van der Waals surface area (Å²) in [6.07, 6.45) is -6.23. The van der Waals surface area contributed by atoms with Crippen molar-refractivity contribution in [2.75, 3.05) is 20.2 Å². The number of aliphatic hydroxyl groups excluding tert-OH is 1. The van der Waals surface area contributed by atoms with Gasteiger partial charge in [-0.05, 0) is 30.2 Å². The van der Waals surface area contributed by atoms with Crippen molar-refractivity contribution in [3.8, 4) is 5.75 Å². The van der Waals surface area contributed by atoms with Crippen LogP contribution in [-0.2, 0) is 23.8 Å². The van der Waals surface area contributed by atoms with Crippen molar-refractivity contribution in [2.45, 2.75) is 37.3 Å². The SMILES string of the molecule is COc1ccc(C[C@H]2NC[C@H](O)[C@H]2OC(=O)NCCc2cc(C(F)(F)F)n[nH]2)cc1. The second-order valence-corrected chi connectivity index (χ2v) is 6.96. The monoisotopic (exact) mass is 428 g/mol. The number of rotatable bonds is 7. The second-order valence-electron chi connectivity index (χ2n) is 6.96. The van der Waals surface area contributed by atoms with Crippen molar-refractivity contribution in [2.24, 2.45) is 0 Å². The number of halogens is 3. The van der Waals surface area contributed by atoms with Gasteiger partial charge in [0.1, 0.15) is 18.0 Å². The summed E-state index contributed by atoms with van der Waals surface area (Å²) in [6.45, 7) is 0.338. The number of aromatic nitrogens is 2. The van der Waals surface area contributed by atoms with Crippen LogP contribution in [0.25, 0.3) is 0 Å². The van der Waals surface area contributed by atoms with E-state index in [9.17, 15) is 23.1 Å². The van der Waals surface area contributed by atoms with Gasteiger partial charge in [-0.1, -0.05) is 12.1 Å². The molecule has 0 radical (unpaired) electrons. The summed E-state index contributed by atoms with van der Waals surface area (Å²) >= 11 is 0. The van der Waals surface area contributed by atoms with Gasteiger partial charge in [0, 0.05) is 25.2 Å². The van der Waals surface area contributed by atoms with Gasteiger partial charge in [-0.15, -0.1) is 0 Å². The van der Waals surface area contributed by atoms with Gasteiger partial charge in [0.2, 0.25) is 0 Å². The lowest BCUT2D eigenvalue weighted by atomic mass is 10.0. The number of alkyl carbamates (subject to hydrolysis) is 1. The number of ether oxygens (including phenoxy) is 2. The molecule has 1 aliphatic heterocycles. The van der Waals surface area contributed by atoms with Gasteiger partial charge in [0.05, 0.1) is 13.2 Å². The quantitative estimate of drug-likeness (QED) is 0.534. The molecule has 164 valence electrons. The van der Waals surface area contributed by atoms with Crippen LogP contribution < -0.4 is 15.4 Å². The largest absolute Gasteiger partial charge is 0.497 e. The highest BCUT2D eigenvalue weighted by molar-refractivity contribution is 5.67. The Kier molecular flexibility index (Phi) is 6.83. The summed E-state index contributed by atoms with van der Waals surface area (Å²) in [5.74, 6) is 0.727. The zero-order chi connectivity index (χ0) is 21.7. The molecule has 2 heterocycles. The highest BCUT2D eigenvalue weighted by Gasteiger charge is 2.38. The van der Waals surface area contributed by atoms with Crippen LogP contribution in [-0.4, -0.2) is 59.8 Å². The summed E-state index contributed by atoms with van der Waals surface area (Å²) in [5.41, 5.74) is 0.209. The van der Waals surface area contributed by atoms with Crippen LogP contribution in [0.4, 0.5) is 18.0 Å². The summed E-state index contributed by atoms with van der Waals surface area (Å²) in [7, 11) is 1.58. The minimum atomic E-state index is -4.52. The van der Waals surface area contributed by atoms with E-state index < -0.39 is 30.2 Å². The first-order valence-electron chi connectivity index (χ1n) is 9.36. The number of benzene rings is 1. The van der Waals surface area contributed by atoms with E-state index >= 15 is 0 Å². The molecule has 11 heteroatoms. The van der Waals surface area contributed by atoms with Gasteiger partial charge >= 0.3 is 12.3 Å². The molecule has 3 atom stereocenters. The van der Waals surface area contributed by atoms with Crippen LogP contribution in [0.1, 0.15) is 17.0 Å². The van der Waals surface area contributed by atoms with Crippen molar-refractivity contribution in [1.29, 1.82) is 0 Å². The molecule has 30 heavy (non-hydrogen) atoms. The maximum atomic E-state index is 12.5. The van der Waals surface area contributed by atoms with Crippen LogP contribution in [0, 0.1) is 0 Å². The van der Waals surface area contributed by atoms with E-state index in [1.54, 1.807) is 7.11 Å². The lowest BCUT2D eigenvalue weighted by Gasteiger charge is -2.22. The Balaban J connectivity index is 1.48. The van der Waals surface area contributed by atoms with Gasteiger partial charge in [-0.2, -0.15) is 18.3 Å². The van der Waals surface area contributed by atoms with E-state index in [1.807, 2.05) is 24.3 Å². The minimum absolute atomic E-state index is 0.0533. The van der Waals surface area contributed by atoms with Crippen molar-refractivity contribution < 1.29 is 32.5 Å². The summed E-state index contributed by atoms with van der Waals surface area (Å²) in [6, 6.07) is 8.04. The maximum Gasteiger partial charge on any atom is 0.435 e. The minimum Gasteiger partial charge on any atom is -0.497 e. The number of aromatic amines is 1. The number of carbonyl (C=O) groups is 1. The number of hydrogen-bond acceptors (Lipinski definition) is 6. The maximum absolute atomic E-state index is 12.5. The van der Waals surface area contributed by atoms with Gasteiger partial charge in [-0.25, -0.2) is 4.79 Å². The highest BCUT2D eigenvalue weighted by Crippen LogP contribution is 2.27. The summed E-state index contributed by atoms with van der Waals surface area (Å²) in [5, 5.41) is 21.2. The fourth-order valence-corrected chi connectivity index (χ4v) is 3.24. The van der Waals surface area contributed by atoms with Crippen LogP contribution in [0.15, 0.2) is 30.3 Å². The Morgan fingerprint density at radius 3 is 2.70 bits per heavy atom. The van der Waals surface area contributed by atoms with E-state index in [0.717, 1.165) is 17.4 Å². The predicted molar refractivity (Wildman–Crippen MR) is 100 cm³/mol. The summed E-state index contributed by atoms with van der Waals surface area (Å²) in [4.78, 5) is 12.1. The molecule has 1 amide bonds. The van der Waals surface area contributed by atoms with Crippen molar-refractivity contribution in [3.05, 3.63) is 47.3 Å². The molecule has 4 N–H and O–H groups in total. The van der Waals surface area contributed by atoms with Crippen molar-refractivity contribution in [3.63, 3.8) is 0 Å². The molecule has 1 aliphatic rings.